The zero-order valence-electron chi connectivity index (χ0n) is 40.7. The second kappa shape index (κ2) is 20.1. The average molecular weight is 1070 g/mol. The van der Waals surface area contributed by atoms with E-state index in [2.05, 4.69) is 56.5 Å². The van der Waals surface area contributed by atoms with Crippen LogP contribution < -0.4 is 43.4 Å². The highest BCUT2D eigenvalue weighted by Gasteiger charge is 2.27. The van der Waals surface area contributed by atoms with Crippen LogP contribution in [-0.2, 0) is 30.4 Å². The molecule has 0 radical (unpaired) electrons. The SMILES string of the molecule is CCNc1nc(N)nc(Nc2c(C)cc(C)c(Nc3ccc4c(-c5ccccc5S(=O)(=O)O)c5cc(S(=O)(=O)O)c(=Nc6c(C)cc(C)c(Nc7nc(N)nc(NCCS(=O)(=O)O)n7)c6C)cc-5oc4c3)c2C)n1. The van der Waals surface area contributed by atoms with Gasteiger partial charge in [0.05, 0.1) is 16.8 Å². The molecule has 1 aliphatic carbocycles. The van der Waals surface area contributed by atoms with E-state index in [-0.39, 0.29) is 75.4 Å². The number of anilines is 10. The van der Waals surface area contributed by atoms with Crippen LogP contribution in [0.15, 0.2) is 85.9 Å². The molecule has 0 spiro atoms. The Morgan fingerprint density at radius 1 is 0.595 bits per heavy atom. The van der Waals surface area contributed by atoms with Crippen molar-refractivity contribution >= 4 is 105 Å². The summed E-state index contributed by atoms with van der Waals surface area (Å²) < 4.78 is 112. The Balaban J connectivity index is 1.30. The predicted octanol–water partition coefficient (Wildman–Crippen LogP) is 7.28. The van der Waals surface area contributed by atoms with Crippen LogP contribution in [0, 0.1) is 41.5 Å². The van der Waals surface area contributed by atoms with E-state index in [0.29, 0.717) is 57.3 Å². The number of rotatable bonds is 16. The van der Waals surface area contributed by atoms with Crippen LogP contribution >= 0.6 is 0 Å². The summed E-state index contributed by atoms with van der Waals surface area (Å²) in [5.74, 6) is -0.425. The van der Waals surface area contributed by atoms with Crippen LogP contribution in [0.4, 0.5) is 64.1 Å². The van der Waals surface area contributed by atoms with Crippen molar-refractivity contribution < 1.29 is 43.3 Å². The van der Waals surface area contributed by atoms with E-state index >= 15 is 0 Å². The second-order valence-electron chi connectivity index (χ2n) is 17.1. The van der Waals surface area contributed by atoms with Gasteiger partial charge in [-0.25, -0.2) is 4.99 Å². The minimum atomic E-state index is -5.09. The normalized spacial score (nSPS) is 12.3. The van der Waals surface area contributed by atoms with Crippen LogP contribution in [0.2, 0.25) is 0 Å². The number of hydrogen-bond donors (Lipinski definition) is 10. The first-order valence-electron chi connectivity index (χ1n) is 22.4. The summed E-state index contributed by atoms with van der Waals surface area (Å²) in [7, 11) is -14.3. The van der Waals surface area contributed by atoms with E-state index in [1.54, 1.807) is 51.1 Å². The fourth-order valence-electron chi connectivity index (χ4n) is 8.57. The minimum Gasteiger partial charge on any atom is -0.456 e. The molecular weight excluding hydrogens is 1020 g/mol. The molecule has 2 aliphatic rings. The zero-order chi connectivity index (χ0) is 53.6. The van der Waals surface area contributed by atoms with Crippen LogP contribution in [0.1, 0.15) is 40.3 Å². The fourth-order valence-corrected chi connectivity index (χ4v) is 10.3. The third-order valence-electron chi connectivity index (χ3n) is 11.7. The van der Waals surface area contributed by atoms with Crippen LogP contribution in [0.25, 0.3) is 33.4 Å². The topological polar surface area (TPSA) is 378 Å². The Bertz CT molecular complexity index is 3970. The summed E-state index contributed by atoms with van der Waals surface area (Å²) >= 11 is 0. The van der Waals surface area contributed by atoms with Gasteiger partial charge in [-0.3, -0.25) is 13.7 Å². The Morgan fingerprint density at radius 2 is 1.15 bits per heavy atom. The standard InChI is InChI=1S/C47H50N14O10S3/c1-8-50-44-56-42(48)58-46(60-44)54-40-24(4)17-22(2)38(26(40)6)52-28-13-14-29-33(19-28)71-34-21-32(36(74(68,69)70)20-31(34)37(29)30-11-9-10-12-35(30)73(65,66)67)53-39-23(3)18-25(5)41(27(39)7)55-47-59-43(49)57-45(61-47)51-15-16-72(62,63)64/h9-14,17-21,52H,8,15-16H2,1-7H3,(H,62,63,64)(H,65,66,67)(H,68,69,70)(H4,48,50,54,56,58,60)(H4,49,51,55,57,59,61). The quantitative estimate of drug-likeness (QED) is 0.0335. The molecule has 0 bridgehead atoms. The van der Waals surface area contributed by atoms with Crippen molar-refractivity contribution in [2.24, 2.45) is 4.99 Å². The van der Waals surface area contributed by atoms with Crippen LogP contribution in [-0.4, -0.2) is 87.7 Å². The van der Waals surface area contributed by atoms with E-state index in [9.17, 15) is 34.4 Å². The molecule has 0 unspecified atom stereocenters. The number of aryl methyl sites for hydroxylation is 4. The van der Waals surface area contributed by atoms with Crippen LogP contribution in [0.3, 0.4) is 0 Å². The second-order valence-corrected chi connectivity index (χ2v) is 21.5. The van der Waals surface area contributed by atoms with Crippen molar-refractivity contribution in [3.8, 4) is 22.5 Å². The molecule has 12 N–H and O–H groups in total. The Kier molecular flexibility index (Phi) is 14.2. The highest BCUT2D eigenvalue weighted by molar-refractivity contribution is 7.86. The maximum absolute atomic E-state index is 13.4. The molecule has 0 saturated carbocycles. The summed E-state index contributed by atoms with van der Waals surface area (Å²) in [5.41, 5.74) is 19.3. The molecule has 0 atom stereocenters. The smallest absolute Gasteiger partial charge is 0.296 e. The van der Waals surface area contributed by atoms with Crippen LogP contribution in [0.5, 0.6) is 0 Å². The lowest BCUT2D eigenvalue weighted by Gasteiger charge is -2.21. The number of fused-ring (bicyclic) bond motifs is 2. The first-order valence-corrected chi connectivity index (χ1v) is 26.9. The van der Waals surface area contributed by atoms with Crippen molar-refractivity contribution in [3.63, 3.8) is 0 Å². The van der Waals surface area contributed by atoms with Gasteiger partial charge in [0.15, 0.2) is 0 Å². The van der Waals surface area contributed by atoms with Gasteiger partial charge in [-0.2, -0.15) is 55.2 Å². The summed E-state index contributed by atoms with van der Waals surface area (Å²) in [6, 6.07) is 16.9. The van der Waals surface area contributed by atoms with E-state index in [0.717, 1.165) is 22.8 Å². The monoisotopic (exact) mass is 1070 g/mol. The van der Waals surface area contributed by atoms with Crippen molar-refractivity contribution in [1.82, 2.24) is 29.9 Å². The molecule has 4 aromatic carbocycles. The van der Waals surface area contributed by atoms with Gasteiger partial charge in [-0.1, -0.05) is 30.3 Å². The number of nitrogens with one attached hydrogen (secondary N) is 5. The van der Waals surface area contributed by atoms with Crippen molar-refractivity contribution in [2.45, 2.75) is 58.3 Å². The highest BCUT2D eigenvalue weighted by atomic mass is 32.2. The van der Waals surface area contributed by atoms with E-state index in [1.807, 2.05) is 33.8 Å². The lowest BCUT2D eigenvalue weighted by atomic mass is 9.93. The van der Waals surface area contributed by atoms with E-state index in [1.165, 1.54) is 24.3 Å². The van der Waals surface area contributed by atoms with Gasteiger partial charge in [0, 0.05) is 70.0 Å². The van der Waals surface area contributed by atoms with Gasteiger partial charge in [0.1, 0.15) is 21.1 Å². The number of nitrogens with two attached hydrogens (primary N) is 2. The number of nitrogen functional groups attached to an aromatic ring is 2. The van der Waals surface area contributed by atoms with Crippen molar-refractivity contribution in [3.05, 3.63) is 105 Å². The lowest BCUT2D eigenvalue weighted by molar-refractivity contribution is 0.480. The molecule has 0 saturated heterocycles. The zero-order valence-corrected chi connectivity index (χ0v) is 43.1. The van der Waals surface area contributed by atoms with E-state index < -0.39 is 45.9 Å². The molecule has 3 heterocycles. The first-order chi connectivity index (χ1) is 34.8. The third kappa shape index (κ3) is 11.3. The molecular formula is C47H50N14O10S3. The minimum absolute atomic E-state index is 0.00128. The largest absolute Gasteiger partial charge is 0.456 e. The summed E-state index contributed by atoms with van der Waals surface area (Å²) in [6.45, 7) is 13.2. The Morgan fingerprint density at radius 3 is 1.74 bits per heavy atom. The molecule has 8 rings (SSSR count). The maximum atomic E-state index is 13.4. The molecule has 6 aromatic rings. The third-order valence-corrected chi connectivity index (χ3v) is 14.2. The van der Waals surface area contributed by atoms with Gasteiger partial charge in [0.25, 0.3) is 30.4 Å². The number of nitrogens with zero attached hydrogens (tertiary/aromatic N) is 7. The molecule has 74 heavy (non-hydrogen) atoms. The summed E-state index contributed by atoms with van der Waals surface area (Å²) in [5, 5.41) is 15.6. The fraction of sp³-hybridized carbons (Fsp3) is 0.213. The van der Waals surface area contributed by atoms with E-state index in [4.69, 9.17) is 25.4 Å². The molecule has 0 amide bonds. The van der Waals surface area contributed by atoms with Gasteiger partial charge in [-0.15, -0.1) is 0 Å². The van der Waals surface area contributed by atoms with Crippen molar-refractivity contribution in [1.29, 1.82) is 0 Å². The molecule has 0 fully saturated rings. The summed E-state index contributed by atoms with van der Waals surface area (Å²) in [6.07, 6.45) is 0. The molecule has 386 valence electrons. The summed E-state index contributed by atoms with van der Waals surface area (Å²) in [4.78, 5) is 28.9. The number of aromatic nitrogens is 6. The van der Waals surface area contributed by atoms with Gasteiger partial charge < -0.3 is 42.5 Å². The molecule has 2 aromatic heterocycles. The van der Waals surface area contributed by atoms with Gasteiger partial charge in [0.2, 0.25) is 35.7 Å². The Labute approximate surface area is 424 Å². The maximum Gasteiger partial charge on any atom is 0.296 e. The predicted molar refractivity (Wildman–Crippen MR) is 282 cm³/mol. The first kappa shape index (κ1) is 52.2. The number of benzene rings is 5. The average Bonchev–Trinajstić information content (AvgIpc) is 3.29. The van der Waals surface area contributed by atoms with Gasteiger partial charge >= 0.3 is 0 Å². The highest BCUT2D eigenvalue weighted by Crippen LogP contribution is 2.45. The number of hydrogen-bond acceptors (Lipinski definition) is 21. The lowest BCUT2D eigenvalue weighted by Crippen LogP contribution is -2.17. The molecule has 1 aliphatic heterocycles. The van der Waals surface area contributed by atoms with Gasteiger partial charge in [-0.05, 0) is 106 Å². The van der Waals surface area contributed by atoms with Crippen molar-refractivity contribution in [2.75, 3.05) is 56.9 Å². The molecule has 27 heteroatoms. The Hall–Kier alpha value is -8.08. The molecule has 24 nitrogen and oxygen atoms in total.